The van der Waals surface area contributed by atoms with Crippen LogP contribution < -0.4 is 5.56 Å². The van der Waals surface area contributed by atoms with E-state index in [4.69, 9.17) is 0 Å². The van der Waals surface area contributed by atoms with E-state index in [1.165, 1.54) is 32.6 Å². The Labute approximate surface area is 339 Å². The van der Waals surface area contributed by atoms with Gasteiger partial charge < -0.3 is 9.13 Å². The molecule has 0 aliphatic carbocycles. The van der Waals surface area contributed by atoms with Gasteiger partial charge in [-0.05, 0) is 101 Å². The molecular formula is C55H35N3O. The van der Waals surface area contributed by atoms with Crippen LogP contribution in [0.25, 0.3) is 117 Å². The van der Waals surface area contributed by atoms with Crippen molar-refractivity contribution < 1.29 is 0 Å². The fourth-order valence-corrected chi connectivity index (χ4v) is 9.74. The minimum Gasteiger partial charge on any atom is -0.309 e. The second kappa shape index (κ2) is 12.5. The van der Waals surface area contributed by atoms with Crippen LogP contribution in [0.1, 0.15) is 11.1 Å². The van der Waals surface area contributed by atoms with Gasteiger partial charge in [-0.2, -0.15) is 0 Å². The summed E-state index contributed by atoms with van der Waals surface area (Å²) < 4.78 is 6.60. The number of benzene rings is 8. The first kappa shape index (κ1) is 33.2. The Kier molecular flexibility index (Phi) is 7.05. The molecular weight excluding hydrogens is 719 g/mol. The summed E-state index contributed by atoms with van der Waals surface area (Å²) in [6, 6.07) is 63.2. The van der Waals surface area contributed by atoms with Gasteiger partial charge in [0.2, 0.25) is 0 Å². The molecule has 0 fully saturated rings. The highest BCUT2D eigenvalue weighted by atomic mass is 16.1. The fraction of sp³-hybridized carbons (Fsp3) is 0. The Balaban J connectivity index is 1.06. The van der Waals surface area contributed by atoms with Crippen LogP contribution in [0.2, 0.25) is 0 Å². The predicted octanol–water partition coefficient (Wildman–Crippen LogP) is 13.9. The molecule has 0 aliphatic heterocycles. The molecule has 0 unspecified atom stereocenters. The lowest BCUT2D eigenvalue weighted by atomic mass is 9.98. The highest BCUT2D eigenvalue weighted by Crippen LogP contribution is 2.40. The minimum atomic E-state index is -0.0760. The number of hydrogen-bond acceptors (Lipinski definition) is 1. The second-order valence-electron chi connectivity index (χ2n) is 15.4. The molecule has 276 valence electrons. The first-order chi connectivity index (χ1) is 29.1. The molecule has 4 nitrogen and oxygen atoms in total. The van der Waals surface area contributed by atoms with E-state index in [1.807, 2.05) is 4.40 Å². The number of aromatic nitrogens is 3. The molecule has 12 rings (SSSR count). The van der Waals surface area contributed by atoms with Gasteiger partial charge >= 0.3 is 0 Å². The molecule has 0 N–H and O–H groups in total. The maximum atomic E-state index is 13.9. The number of pyridine rings is 1. The number of hydrogen-bond donors (Lipinski definition) is 0. The zero-order chi connectivity index (χ0) is 39.4. The van der Waals surface area contributed by atoms with E-state index in [0.29, 0.717) is 5.56 Å². The van der Waals surface area contributed by atoms with Gasteiger partial charge in [-0.1, -0.05) is 128 Å². The van der Waals surface area contributed by atoms with Crippen molar-refractivity contribution >= 4 is 83.0 Å². The van der Waals surface area contributed by atoms with Crippen LogP contribution in [0.15, 0.2) is 194 Å². The lowest BCUT2D eigenvalue weighted by Crippen LogP contribution is -2.17. The van der Waals surface area contributed by atoms with E-state index in [2.05, 4.69) is 198 Å². The number of rotatable bonds is 6. The Morgan fingerprint density at radius 2 is 0.814 bits per heavy atom. The molecule has 0 bridgehead atoms. The highest BCUT2D eigenvalue weighted by molar-refractivity contribution is 6.17. The van der Waals surface area contributed by atoms with Crippen molar-refractivity contribution in [3.8, 4) is 33.6 Å². The van der Waals surface area contributed by atoms with Gasteiger partial charge in [0, 0.05) is 54.6 Å². The van der Waals surface area contributed by atoms with Crippen LogP contribution in [0, 0.1) is 0 Å². The molecule has 0 aliphatic rings. The summed E-state index contributed by atoms with van der Waals surface area (Å²) in [5, 5.41) is 7.95. The molecule has 0 saturated heterocycles. The van der Waals surface area contributed by atoms with Crippen molar-refractivity contribution in [1.29, 1.82) is 0 Å². The first-order valence-electron chi connectivity index (χ1n) is 20.0. The smallest absolute Gasteiger partial charge is 0.263 e. The minimum absolute atomic E-state index is 0.0760. The van der Waals surface area contributed by atoms with Gasteiger partial charge in [0.1, 0.15) is 0 Å². The summed E-state index contributed by atoms with van der Waals surface area (Å²) in [5.74, 6) is 0. The largest absolute Gasteiger partial charge is 0.309 e. The maximum Gasteiger partial charge on any atom is 0.263 e. The van der Waals surface area contributed by atoms with Crippen LogP contribution in [-0.2, 0) is 0 Å². The summed E-state index contributed by atoms with van der Waals surface area (Å²) in [6.07, 6.45) is 3.42. The maximum absolute atomic E-state index is 13.9. The number of fused-ring (bicyclic) bond motifs is 9. The molecule has 0 amide bonds. The molecule has 0 spiro atoms. The van der Waals surface area contributed by atoms with Crippen molar-refractivity contribution in [3.05, 3.63) is 211 Å². The summed E-state index contributed by atoms with van der Waals surface area (Å²) in [5.41, 5.74) is 14.6. The Morgan fingerprint density at radius 1 is 0.356 bits per heavy atom. The van der Waals surface area contributed by atoms with Crippen molar-refractivity contribution in [2.75, 3.05) is 0 Å². The third-order valence-electron chi connectivity index (χ3n) is 12.3. The molecule has 59 heavy (non-hydrogen) atoms. The molecule has 4 aromatic heterocycles. The molecule has 0 radical (unpaired) electrons. The Bertz CT molecular complexity index is 3730. The van der Waals surface area contributed by atoms with Crippen molar-refractivity contribution in [1.82, 2.24) is 13.5 Å². The topological polar surface area (TPSA) is 31.3 Å². The average molecular weight is 754 g/mol. The van der Waals surface area contributed by atoms with Gasteiger partial charge in [-0.15, -0.1) is 0 Å². The van der Waals surface area contributed by atoms with E-state index >= 15 is 0 Å². The highest BCUT2D eigenvalue weighted by Gasteiger charge is 2.20. The molecule has 8 aromatic carbocycles. The van der Waals surface area contributed by atoms with Gasteiger partial charge in [-0.25, -0.2) is 0 Å². The number of nitrogens with zero attached hydrogens (tertiary/aromatic N) is 3. The van der Waals surface area contributed by atoms with Crippen molar-refractivity contribution in [3.63, 3.8) is 0 Å². The van der Waals surface area contributed by atoms with Crippen LogP contribution in [0.5, 0.6) is 0 Å². The van der Waals surface area contributed by atoms with Crippen LogP contribution >= 0.6 is 0 Å². The van der Waals surface area contributed by atoms with Crippen molar-refractivity contribution in [2.24, 2.45) is 0 Å². The second-order valence-corrected chi connectivity index (χ2v) is 15.4. The van der Waals surface area contributed by atoms with Crippen molar-refractivity contribution in [2.45, 2.75) is 0 Å². The molecule has 4 heteroatoms. The van der Waals surface area contributed by atoms with Gasteiger partial charge in [0.15, 0.2) is 0 Å². The van der Waals surface area contributed by atoms with Gasteiger partial charge in [0.05, 0.1) is 33.1 Å². The molecule has 0 saturated carbocycles. The zero-order valence-electron chi connectivity index (χ0n) is 32.1. The lowest BCUT2D eigenvalue weighted by Gasteiger charge is -2.11. The van der Waals surface area contributed by atoms with E-state index in [9.17, 15) is 4.79 Å². The molecule has 4 heterocycles. The van der Waals surface area contributed by atoms with E-state index in [-0.39, 0.29) is 5.56 Å². The summed E-state index contributed by atoms with van der Waals surface area (Å²) in [7, 11) is 0. The summed E-state index contributed by atoms with van der Waals surface area (Å²) in [4.78, 5) is 13.9. The van der Waals surface area contributed by atoms with Crippen LogP contribution in [0.4, 0.5) is 0 Å². The quantitative estimate of drug-likeness (QED) is 0.166. The fourth-order valence-electron chi connectivity index (χ4n) is 9.74. The van der Waals surface area contributed by atoms with Crippen LogP contribution in [-0.4, -0.2) is 13.5 Å². The zero-order valence-corrected chi connectivity index (χ0v) is 32.1. The standard InChI is InChI=1S/C55H35N3O/c1-3-40-41(4-2)55(59)58-53-29-26-36(31-46(53)45-21-13-20-44(40)54(45)58)37-25-28-52-48(33-37)47-32-35(24-27-51(47)56(52)38-15-6-5-7-16-38)34-14-12-17-39(30-34)57-49-22-10-8-18-42(49)43-19-9-11-23-50(43)57/h3-33H,1-2H2. The average Bonchev–Trinajstić information content (AvgIpc) is 3.93. The van der Waals surface area contributed by atoms with Crippen LogP contribution in [0.3, 0.4) is 0 Å². The van der Waals surface area contributed by atoms with E-state index < -0.39 is 0 Å². The lowest BCUT2D eigenvalue weighted by molar-refractivity contribution is 1.17. The Hall–Kier alpha value is -7.95. The molecule has 12 aromatic rings. The van der Waals surface area contributed by atoms with Gasteiger partial charge in [0.25, 0.3) is 5.56 Å². The predicted molar refractivity (Wildman–Crippen MR) is 250 cm³/mol. The number of para-hydroxylation sites is 4. The third-order valence-corrected chi connectivity index (χ3v) is 12.3. The monoisotopic (exact) mass is 753 g/mol. The first-order valence-corrected chi connectivity index (χ1v) is 20.0. The van der Waals surface area contributed by atoms with E-state index in [0.717, 1.165) is 77.4 Å². The summed E-state index contributed by atoms with van der Waals surface area (Å²) >= 11 is 0. The van der Waals surface area contributed by atoms with Gasteiger partial charge in [-0.3, -0.25) is 9.20 Å². The SMILES string of the molecule is C=Cc1c(C=C)c2cccc3c4cc(-c5ccc6c(c5)c5cc(-c7cccc(-n8c9ccccc9c9ccccc98)c7)ccc5n6-c5ccccc5)ccc4n(c1=O)c23. The molecule has 0 atom stereocenters. The summed E-state index contributed by atoms with van der Waals surface area (Å²) in [6.45, 7) is 8.01. The van der Waals surface area contributed by atoms with E-state index in [1.54, 1.807) is 12.2 Å². The Morgan fingerprint density at radius 3 is 1.44 bits per heavy atom. The normalized spacial score (nSPS) is 11.9. The third kappa shape index (κ3) is 4.69.